The van der Waals surface area contributed by atoms with Crippen LogP contribution < -0.4 is 14.4 Å². The molecule has 0 spiro atoms. The maximum absolute atomic E-state index is 13.2. The molecule has 0 aromatic heterocycles. The zero-order valence-corrected chi connectivity index (χ0v) is 17.7. The Balaban J connectivity index is 1.80. The number of para-hydroxylation sites is 1. The number of nitrogens with one attached hydrogen (secondary N) is 1. The Kier molecular flexibility index (Phi) is 6.90. The normalized spacial score (nSPS) is 10.7. The minimum absolute atomic E-state index is 0.0334. The Hall–Kier alpha value is -3.83. The van der Waals surface area contributed by atoms with E-state index in [0.29, 0.717) is 17.1 Å². The number of benzene rings is 3. The highest BCUT2D eigenvalue weighted by Gasteiger charge is 2.24. The number of hydrogen-bond donors (Lipinski definition) is 1. The van der Waals surface area contributed by atoms with Crippen LogP contribution in [0.4, 0.5) is 11.4 Å². The van der Waals surface area contributed by atoms with Gasteiger partial charge in [-0.3, -0.25) is 9.10 Å². The van der Waals surface area contributed by atoms with Crippen molar-refractivity contribution < 1.29 is 17.9 Å². The molecular weight excluding hydrogens is 414 g/mol. The zero-order chi connectivity index (χ0) is 22.3. The molecule has 0 unspecified atom stereocenters. The molecule has 0 aliphatic carbocycles. The Labute approximate surface area is 181 Å². The van der Waals surface area contributed by atoms with E-state index in [4.69, 9.17) is 10.00 Å². The summed E-state index contributed by atoms with van der Waals surface area (Å²) in [6.45, 7) is 1.94. The molecule has 158 valence electrons. The lowest BCUT2D eigenvalue weighted by Gasteiger charge is -2.23. The van der Waals surface area contributed by atoms with Gasteiger partial charge in [0.2, 0.25) is 0 Å². The first-order chi connectivity index (χ1) is 15.0. The number of nitrogens with zero attached hydrogens (tertiary/aromatic N) is 2. The maximum Gasteiger partial charge on any atom is 0.264 e. The van der Waals surface area contributed by atoms with Gasteiger partial charge in [0.05, 0.1) is 10.6 Å². The van der Waals surface area contributed by atoms with Crippen molar-refractivity contribution in [2.75, 3.05) is 22.8 Å². The summed E-state index contributed by atoms with van der Waals surface area (Å²) in [6, 6.07) is 23.2. The number of hydrogen-bond acceptors (Lipinski definition) is 5. The molecule has 0 fully saturated rings. The number of carbonyl (C=O) groups is 1. The van der Waals surface area contributed by atoms with Crippen LogP contribution in [0.5, 0.6) is 5.75 Å². The van der Waals surface area contributed by atoms with E-state index in [0.717, 1.165) is 0 Å². The third-order valence-corrected chi connectivity index (χ3v) is 6.33. The molecule has 0 bridgehead atoms. The number of ether oxygens (including phenoxy) is 1. The van der Waals surface area contributed by atoms with Gasteiger partial charge in [0.15, 0.2) is 6.61 Å². The van der Waals surface area contributed by atoms with Gasteiger partial charge < -0.3 is 10.1 Å². The lowest BCUT2D eigenvalue weighted by atomic mass is 10.2. The third kappa shape index (κ3) is 5.21. The van der Waals surface area contributed by atoms with Gasteiger partial charge >= 0.3 is 0 Å². The van der Waals surface area contributed by atoms with E-state index in [2.05, 4.69) is 5.32 Å². The van der Waals surface area contributed by atoms with E-state index >= 15 is 0 Å². The Bertz CT molecular complexity index is 1190. The Morgan fingerprint density at radius 1 is 1.03 bits per heavy atom. The molecule has 3 aromatic carbocycles. The number of carbonyl (C=O) groups excluding carboxylic acids is 1. The second-order valence-electron chi connectivity index (χ2n) is 6.46. The van der Waals surface area contributed by atoms with Crippen LogP contribution >= 0.6 is 0 Å². The summed E-state index contributed by atoms with van der Waals surface area (Å²) >= 11 is 0. The van der Waals surface area contributed by atoms with E-state index in [-0.39, 0.29) is 23.6 Å². The number of amides is 1. The van der Waals surface area contributed by atoms with Crippen LogP contribution in [0, 0.1) is 11.3 Å². The standard InChI is InChI=1S/C23H21N3O4S/c1-2-26(20-8-4-3-5-9-20)31(28,29)22-10-6-7-18(17-22)23(27)25-19-11-13-21(14-12-19)30-16-15-24/h3-14,17H,2,16H2,1H3,(H,25,27). The lowest BCUT2D eigenvalue weighted by Crippen LogP contribution is -2.30. The number of nitriles is 1. The first-order valence-electron chi connectivity index (χ1n) is 9.54. The van der Waals surface area contributed by atoms with Crippen LogP contribution in [0.25, 0.3) is 0 Å². The summed E-state index contributed by atoms with van der Waals surface area (Å²) in [4.78, 5) is 12.7. The third-order valence-electron chi connectivity index (χ3n) is 4.43. The van der Waals surface area contributed by atoms with Crippen molar-refractivity contribution in [1.29, 1.82) is 5.26 Å². The van der Waals surface area contributed by atoms with Crippen molar-refractivity contribution in [3.8, 4) is 11.8 Å². The largest absolute Gasteiger partial charge is 0.479 e. The average Bonchev–Trinajstić information content (AvgIpc) is 2.79. The lowest BCUT2D eigenvalue weighted by molar-refractivity contribution is 0.102. The summed E-state index contributed by atoms with van der Waals surface area (Å²) in [6.07, 6.45) is 0. The molecule has 1 amide bonds. The molecule has 0 saturated carbocycles. The van der Waals surface area contributed by atoms with Gasteiger partial charge in [0.25, 0.3) is 15.9 Å². The topological polar surface area (TPSA) is 99.5 Å². The molecular formula is C23H21N3O4S. The molecule has 0 radical (unpaired) electrons. The molecule has 7 nitrogen and oxygen atoms in total. The minimum Gasteiger partial charge on any atom is -0.479 e. The molecule has 0 heterocycles. The van der Waals surface area contributed by atoms with E-state index in [1.54, 1.807) is 67.6 Å². The highest BCUT2D eigenvalue weighted by molar-refractivity contribution is 7.92. The van der Waals surface area contributed by atoms with Gasteiger partial charge in [0.1, 0.15) is 11.8 Å². The van der Waals surface area contributed by atoms with E-state index < -0.39 is 15.9 Å². The molecule has 0 saturated heterocycles. The van der Waals surface area contributed by atoms with Crippen molar-refractivity contribution in [1.82, 2.24) is 0 Å². The van der Waals surface area contributed by atoms with Crippen molar-refractivity contribution in [2.45, 2.75) is 11.8 Å². The van der Waals surface area contributed by atoms with Crippen LogP contribution in [0.15, 0.2) is 83.8 Å². The molecule has 1 N–H and O–H groups in total. The fourth-order valence-corrected chi connectivity index (χ4v) is 4.48. The molecule has 3 rings (SSSR count). The highest BCUT2D eigenvalue weighted by atomic mass is 32.2. The van der Waals surface area contributed by atoms with E-state index in [1.807, 2.05) is 12.1 Å². The van der Waals surface area contributed by atoms with Gasteiger partial charge in [0, 0.05) is 17.8 Å². The van der Waals surface area contributed by atoms with Crippen molar-refractivity contribution >= 4 is 27.3 Å². The molecule has 31 heavy (non-hydrogen) atoms. The van der Waals surface area contributed by atoms with Crippen LogP contribution in [0.2, 0.25) is 0 Å². The first-order valence-corrected chi connectivity index (χ1v) is 11.0. The van der Waals surface area contributed by atoms with Crippen molar-refractivity contribution in [3.05, 3.63) is 84.4 Å². The molecule has 0 atom stereocenters. The monoisotopic (exact) mass is 435 g/mol. The van der Waals surface area contributed by atoms with Gasteiger partial charge in [-0.05, 0) is 61.5 Å². The van der Waals surface area contributed by atoms with Crippen LogP contribution in [0.1, 0.15) is 17.3 Å². The summed E-state index contributed by atoms with van der Waals surface area (Å²) in [7, 11) is -3.84. The van der Waals surface area contributed by atoms with Crippen LogP contribution in [-0.2, 0) is 10.0 Å². The number of anilines is 2. The number of rotatable bonds is 8. The first kappa shape index (κ1) is 21.9. The van der Waals surface area contributed by atoms with Gasteiger partial charge in [-0.1, -0.05) is 24.3 Å². The summed E-state index contributed by atoms with van der Waals surface area (Å²) in [5.74, 6) is 0.0683. The average molecular weight is 436 g/mol. The molecule has 0 aliphatic rings. The Morgan fingerprint density at radius 3 is 2.39 bits per heavy atom. The van der Waals surface area contributed by atoms with E-state index in [1.165, 1.54) is 16.4 Å². The summed E-state index contributed by atoms with van der Waals surface area (Å²) < 4.78 is 32.8. The fraction of sp³-hybridized carbons (Fsp3) is 0.130. The van der Waals surface area contributed by atoms with Gasteiger partial charge in [-0.25, -0.2) is 8.42 Å². The van der Waals surface area contributed by atoms with Gasteiger partial charge in [-0.15, -0.1) is 0 Å². The zero-order valence-electron chi connectivity index (χ0n) is 16.9. The van der Waals surface area contributed by atoms with E-state index in [9.17, 15) is 13.2 Å². The second kappa shape index (κ2) is 9.78. The maximum atomic E-state index is 13.2. The predicted octanol–water partition coefficient (Wildman–Crippen LogP) is 4.06. The fourth-order valence-electron chi connectivity index (χ4n) is 2.96. The van der Waals surface area contributed by atoms with Gasteiger partial charge in [-0.2, -0.15) is 5.26 Å². The SMILES string of the molecule is CCN(c1ccccc1)S(=O)(=O)c1cccc(C(=O)Nc2ccc(OCC#N)cc2)c1. The predicted molar refractivity (Wildman–Crippen MR) is 119 cm³/mol. The molecule has 8 heteroatoms. The summed E-state index contributed by atoms with van der Waals surface area (Å²) in [5, 5.41) is 11.3. The molecule has 3 aromatic rings. The second-order valence-corrected chi connectivity index (χ2v) is 8.32. The smallest absolute Gasteiger partial charge is 0.264 e. The Morgan fingerprint density at radius 2 is 1.74 bits per heavy atom. The summed E-state index contributed by atoms with van der Waals surface area (Å²) in [5.41, 5.74) is 1.29. The minimum atomic E-state index is -3.84. The number of sulfonamides is 1. The molecule has 0 aliphatic heterocycles. The van der Waals surface area contributed by atoms with Crippen molar-refractivity contribution in [2.24, 2.45) is 0 Å². The highest BCUT2D eigenvalue weighted by Crippen LogP contribution is 2.24. The van der Waals surface area contributed by atoms with Crippen LogP contribution in [0.3, 0.4) is 0 Å². The van der Waals surface area contributed by atoms with Crippen LogP contribution in [-0.4, -0.2) is 27.5 Å². The quantitative estimate of drug-likeness (QED) is 0.575. The van der Waals surface area contributed by atoms with Crippen molar-refractivity contribution in [3.63, 3.8) is 0 Å².